The lowest BCUT2D eigenvalue weighted by Crippen LogP contribution is -2.38. The molecule has 2 unspecified atom stereocenters. The van der Waals surface area contributed by atoms with Gasteiger partial charge in [-0.15, -0.1) is 0 Å². The van der Waals surface area contributed by atoms with Gasteiger partial charge in [-0.2, -0.15) is 0 Å². The third-order valence-corrected chi connectivity index (χ3v) is 4.61. The average Bonchev–Trinajstić information content (AvgIpc) is 2.48. The summed E-state index contributed by atoms with van der Waals surface area (Å²) in [4.78, 5) is 0. The van der Waals surface area contributed by atoms with Gasteiger partial charge in [-0.05, 0) is 37.3 Å². The first kappa shape index (κ1) is 15.8. The number of halogens is 1. The fourth-order valence-corrected chi connectivity index (χ4v) is 3.43. The molecule has 1 aliphatic rings. The van der Waals surface area contributed by atoms with Crippen LogP contribution in [0.4, 0.5) is 0 Å². The standard InChI is InChI=1S/C17H25ClO2/c1-2-20-17(13-8-4-3-5-9-13)16(19)12-14-10-6-7-11-15(14)18/h6-7,10-11,13,16-17,19H,2-5,8-9,12H2,1H3. The van der Waals surface area contributed by atoms with Crippen molar-refractivity contribution < 1.29 is 9.84 Å². The lowest BCUT2D eigenvalue weighted by atomic mass is 9.82. The Morgan fingerprint density at radius 1 is 1.25 bits per heavy atom. The van der Waals surface area contributed by atoms with Crippen LogP contribution in [0.1, 0.15) is 44.6 Å². The second kappa shape index (κ2) is 8.02. The van der Waals surface area contributed by atoms with E-state index in [0.717, 1.165) is 10.6 Å². The molecule has 1 aromatic rings. The fourth-order valence-electron chi connectivity index (χ4n) is 3.22. The Bertz CT molecular complexity index is 402. The van der Waals surface area contributed by atoms with Crippen molar-refractivity contribution in [2.24, 2.45) is 5.92 Å². The van der Waals surface area contributed by atoms with E-state index in [0.29, 0.717) is 18.9 Å². The van der Waals surface area contributed by atoms with E-state index in [-0.39, 0.29) is 6.10 Å². The topological polar surface area (TPSA) is 29.5 Å². The highest BCUT2D eigenvalue weighted by molar-refractivity contribution is 6.31. The number of rotatable bonds is 6. The predicted octanol–water partition coefficient (Wildman–Crippen LogP) is 4.23. The highest BCUT2D eigenvalue weighted by Gasteiger charge is 2.30. The van der Waals surface area contributed by atoms with Crippen molar-refractivity contribution in [2.45, 2.75) is 57.7 Å². The summed E-state index contributed by atoms with van der Waals surface area (Å²) in [6.07, 6.45) is 6.21. The van der Waals surface area contributed by atoms with E-state index in [1.165, 1.54) is 32.1 Å². The van der Waals surface area contributed by atoms with Crippen LogP contribution in [0.3, 0.4) is 0 Å². The molecule has 0 aliphatic heterocycles. The van der Waals surface area contributed by atoms with Crippen LogP contribution in [0, 0.1) is 5.92 Å². The Kier molecular flexibility index (Phi) is 6.34. The second-order valence-corrected chi connectivity index (χ2v) is 6.09. The SMILES string of the molecule is CCOC(C(O)Cc1ccccc1Cl)C1CCCCC1. The fraction of sp³-hybridized carbons (Fsp3) is 0.647. The van der Waals surface area contributed by atoms with Crippen molar-refractivity contribution in [1.82, 2.24) is 0 Å². The lowest BCUT2D eigenvalue weighted by molar-refractivity contribution is -0.0715. The van der Waals surface area contributed by atoms with E-state index < -0.39 is 6.10 Å². The maximum atomic E-state index is 10.6. The summed E-state index contributed by atoms with van der Waals surface area (Å²) in [6, 6.07) is 7.74. The van der Waals surface area contributed by atoms with Crippen LogP contribution in [0.2, 0.25) is 5.02 Å². The van der Waals surface area contributed by atoms with E-state index in [9.17, 15) is 5.11 Å². The smallest absolute Gasteiger partial charge is 0.0865 e. The van der Waals surface area contributed by atoms with Crippen molar-refractivity contribution >= 4 is 11.6 Å². The minimum Gasteiger partial charge on any atom is -0.390 e. The van der Waals surface area contributed by atoms with E-state index >= 15 is 0 Å². The van der Waals surface area contributed by atoms with Crippen molar-refractivity contribution in [3.05, 3.63) is 34.9 Å². The Morgan fingerprint density at radius 2 is 1.95 bits per heavy atom. The molecule has 2 atom stereocenters. The van der Waals surface area contributed by atoms with Crippen LogP contribution < -0.4 is 0 Å². The van der Waals surface area contributed by atoms with Gasteiger partial charge in [-0.1, -0.05) is 49.1 Å². The number of aliphatic hydroxyl groups is 1. The zero-order valence-electron chi connectivity index (χ0n) is 12.2. The molecule has 0 saturated heterocycles. The number of benzene rings is 1. The molecule has 1 saturated carbocycles. The summed E-state index contributed by atoms with van der Waals surface area (Å²) in [7, 11) is 0. The number of hydrogen-bond donors (Lipinski definition) is 1. The van der Waals surface area contributed by atoms with Gasteiger partial charge in [0.2, 0.25) is 0 Å². The van der Waals surface area contributed by atoms with Crippen molar-refractivity contribution in [3.8, 4) is 0 Å². The predicted molar refractivity (Wildman–Crippen MR) is 83.2 cm³/mol. The van der Waals surface area contributed by atoms with Gasteiger partial charge >= 0.3 is 0 Å². The molecule has 1 N–H and O–H groups in total. The van der Waals surface area contributed by atoms with Gasteiger partial charge in [-0.25, -0.2) is 0 Å². The van der Waals surface area contributed by atoms with Crippen LogP contribution in [-0.2, 0) is 11.2 Å². The van der Waals surface area contributed by atoms with Gasteiger partial charge in [0.05, 0.1) is 12.2 Å². The molecule has 2 rings (SSSR count). The molecule has 0 spiro atoms. The van der Waals surface area contributed by atoms with E-state index in [1.54, 1.807) is 0 Å². The Hall–Kier alpha value is -0.570. The van der Waals surface area contributed by atoms with Gasteiger partial charge in [0.1, 0.15) is 0 Å². The largest absolute Gasteiger partial charge is 0.390 e. The third-order valence-electron chi connectivity index (χ3n) is 4.24. The van der Waals surface area contributed by atoms with Crippen LogP contribution >= 0.6 is 11.6 Å². The first-order valence-corrected chi connectivity index (χ1v) is 8.13. The van der Waals surface area contributed by atoms with Crippen LogP contribution in [0.25, 0.3) is 0 Å². The summed E-state index contributed by atoms with van der Waals surface area (Å²) in [5.74, 6) is 0.487. The zero-order valence-corrected chi connectivity index (χ0v) is 13.0. The molecule has 0 bridgehead atoms. The van der Waals surface area contributed by atoms with E-state index in [1.807, 2.05) is 31.2 Å². The van der Waals surface area contributed by atoms with Gasteiger partial charge in [0.15, 0.2) is 0 Å². The third kappa shape index (κ3) is 4.21. The maximum Gasteiger partial charge on any atom is 0.0865 e. The Morgan fingerprint density at radius 3 is 2.60 bits per heavy atom. The zero-order chi connectivity index (χ0) is 14.4. The van der Waals surface area contributed by atoms with E-state index in [2.05, 4.69) is 0 Å². The molecule has 1 aromatic carbocycles. The summed E-state index contributed by atoms with van der Waals surface area (Å²) in [5, 5.41) is 11.3. The summed E-state index contributed by atoms with van der Waals surface area (Å²) < 4.78 is 5.86. The van der Waals surface area contributed by atoms with Crippen molar-refractivity contribution in [3.63, 3.8) is 0 Å². The molecule has 0 aromatic heterocycles. The molecule has 3 heteroatoms. The van der Waals surface area contributed by atoms with Gasteiger partial charge in [-0.3, -0.25) is 0 Å². The monoisotopic (exact) mass is 296 g/mol. The molecule has 0 heterocycles. The van der Waals surface area contributed by atoms with Crippen LogP contribution in [0.15, 0.2) is 24.3 Å². The Balaban J connectivity index is 2.02. The van der Waals surface area contributed by atoms with Gasteiger partial charge in [0, 0.05) is 18.1 Å². The van der Waals surface area contributed by atoms with E-state index in [4.69, 9.17) is 16.3 Å². The lowest BCUT2D eigenvalue weighted by Gasteiger charge is -2.33. The molecule has 1 fully saturated rings. The highest BCUT2D eigenvalue weighted by atomic mass is 35.5. The normalized spacial score (nSPS) is 19.8. The van der Waals surface area contributed by atoms with Gasteiger partial charge < -0.3 is 9.84 Å². The first-order chi connectivity index (χ1) is 9.72. The van der Waals surface area contributed by atoms with Crippen LogP contribution in [0.5, 0.6) is 0 Å². The second-order valence-electron chi connectivity index (χ2n) is 5.68. The van der Waals surface area contributed by atoms with Gasteiger partial charge in [0.25, 0.3) is 0 Å². The summed E-state index contributed by atoms with van der Waals surface area (Å²) in [6.45, 7) is 2.65. The molecule has 1 aliphatic carbocycles. The summed E-state index contributed by atoms with van der Waals surface area (Å²) >= 11 is 6.18. The molecular formula is C17H25ClO2. The molecule has 20 heavy (non-hydrogen) atoms. The molecule has 0 amide bonds. The maximum absolute atomic E-state index is 10.6. The first-order valence-electron chi connectivity index (χ1n) is 7.75. The average molecular weight is 297 g/mol. The molecule has 0 radical (unpaired) electrons. The van der Waals surface area contributed by atoms with Crippen molar-refractivity contribution in [1.29, 1.82) is 0 Å². The Labute approximate surface area is 127 Å². The molecular weight excluding hydrogens is 272 g/mol. The van der Waals surface area contributed by atoms with Crippen molar-refractivity contribution in [2.75, 3.05) is 6.61 Å². The number of hydrogen-bond acceptors (Lipinski definition) is 2. The van der Waals surface area contributed by atoms with Crippen LogP contribution in [-0.4, -0.2) is 23.9 Å². The molecule has 2 nitrogen and oxygen atoms in total. The minimum absolute atomic E-state index is 0.0587. The number of ether oxygens (including phenoxy) is 1. The highest BCUT2D eigenvalue weighted by Crippen LogP contribution is 2.31. The quantitative estimate of drug-likeness (QED) is 0.851. The number of aliphatic hydroxyl groups excluding tert-OH is 1. The minimum atomic E-state index is -0.474. The summed E-state index contributed by atoms with van der Waals surface area (Å²) in [5.41, 5.74) is 1.00. The molecule has 112 valence electrons.